The maximum absolute atomic E-state index is 6.04. The number of rotatable bonds is 5. The molecule has 2 aromatic rings. The van der Waals surface area contributed by atoms with Crippen LogP contribution in [0.3, 0.4) is 0 Å². The van der Waals surface area contributed by atoms with Crippen molar-refractivity contribution in [2.45, 2.75) is 58.5 Å². The van der Waals surface area contributed by atoms with Gasteiger partial charge in [-0.05, 0) is 6.42 Å². The molecule has 0 bridgehead atoms. The van der Waals surface area contributed by atoms with Gasteiger partial charge in [0.2, 0.25) is 0 Å². The van der Waals surface area contributed by atoms with E-state index in [1.165, 1.54) is 0 Å². The molecule has 0 saturated carbocycles. The summed E-state index contributed by atoms with van der Waals surface area (Å²) in [6.45, 7) is 9.29. The molecular formula is C14H23N5S. The molecule has 1 unspecified atom stereocenters. The molecule has 0 aliphatic heterocycles. The predicted molar refractivity (Wildman–Crippen MR) is 81.8 cm³/mol. The fraction of sp³-hybridized carbons (Fsp3) is 0.643. The molecule has 0 fully saturated rings. The second-order valence-corrected chi connectivity index (χ2v) is 6.99. The number of hydrogen-bond donors (Lipinski definition) is 1. The Hall–Kier alpha value is -1.27. The zero-order valence-electron chi connectivity index (χ0n) is 12.6. The lowest BCUT2D eigenvalue weighted by Gasteiger charge is -2.13. The van der Waals surface area contributed by atoms with Crippen LogP contribution >= 0.6 is 11.3 Å². The number of nitrogens with two attached hydrogens (primary N) is 1. The van der Waals surface area contributed by atoms with E-state index in [2.05, 4.69) is 48.4 Å². The van der Waals surface area contributed by atoms with Crippen molar-refractivity contribution in [3.8, 4) is 0 Å². The van der Waals surface area contributed by atoms with Gasteiger partial charge in [-0.25, -0.2) is 9.67 Å². The molecule has 0 radical (unpaired) electrons. The van der Waals surface area contributed by atoms with Gasteiger partial charge in [0.05, 0.1) is 35.2 Å². The van der Waals surface area contributed by atoms with Crippen LogP contribution in [0.15, 0.2) is 11.6 Å². The molecule has 0 saturated heterocycles. The average Bonchev–Trinajstić information content (AvgIpc) is 2.98. The number of hydrogen-bond acceptors (Lipinski definition) is 5. The van der Waals surface area contributed by atoms with Gasteiger partial charge in [-0.1, -0.05) is 39.3 Å². The highest BCUT2D eigenvalue weighted by Crippen LogP contribution is 2.25. The molecule has 1 atom stereocenters. The lowest BCUT2D eigenvalue weighted by Crippen LogP contribution is -2.11. The summed E-state index contributed by atoms with van der Waals surface area (Å²) in [5.41, 5.74) is 8.03. The normalized spacial score (nSPS) is 13.7. The van der Waals surface area contributed by atoms with Crippen molar-refractivity contribution >= 4 is 11.3 Å². The van der Waals surface area contributed by atoms with E-state index in [9.17, 15) is 0 Å². The quantitative estimate of drug-likeness (QED) is 0.920. The highest BCUT2D eigenvalue weighted by Gasteiger charge is 2.18. The van der Waals surface area contributed by atoms with Crippen LogP contribution in [0.25, 0.3) is 0 Å². The maximum atomic E-state index is 6.04. The van der Waals surface area contributed by atoms with E-state index >= 15 is 0 Å². The van der Waals surface area contributed by atoms with E-state index in [1.807, 2.05) is 10.9 Å². The van der Waals surface area contributed by atoms with E-state index in [-0.39, 0.29) is 11.5 Å². The lowest BCUT2D eigenvalue weighted by atomic mass is 9.98. The van der Waals surface area contributed by atoms with Crippen LogP contribution in [0.5, 0.6) is 0 Å². The Kier molecular flexibility index (Phi) is 4.55. The minimum atomic E-state index is -0.0191. The first-order valence-corrected chi connectivity index (χ1v) is 7.88. The Morgan fingerprint density at radius 3 is 2.75 bits per heavy atom. The van der Waals surface area contributed by atoms with Crippen LogP contribution in [0.1, 0.15) is 63.0 Å². The van der Waals surface area contributed by atoms with Crippen LogP contribution < -0.4 is 5.73 Å². The van der Waals surface area contributed by atoms with Gasteiger partial charge in [-0.2, -0.15) is 0 Å². The van der Waals surface area contributed by atoms with Crippen molar-refractivity contribution in [3.05, 3.63) is 28.0 Å². The first kappa shape index (κ1) is 15.1. The Bertz CT molecular complexity index is 552. The molecule has 2 heterocycles. The van der Waals surface area contributed by atoms with Gasteiger partial charge in [-0.3, -0.25) is 0 Å². The van der Waals surface area contributed by atoms with E-state index < -0.39 is 0 Å². The molecule has 0 aromatic carbocycles. The Labute approximate surface area is 124 Å². The summed E-state index contributed by atoms with van der Waals surface area (Å²) in [5.74, 6) is 0. The van der Waals surface area contributed by atoms with E-state index in [1.54, 1.807) is 11.3 Å². The van der Waals surface area contributed by atoms with Crippen molar-refractivity contribution in [1.29, 1.82) is 0 Å². The van der Waals surface area contributed by atoms with E-state index in [4.69, 9.17) is 5.73 Å². The second-order valence-electron chi connectivity index (χ2n) is 6.13. The standard InChI is InChI=1S/C14H23N5S/c1-5-6-11(15)12-8-19(18-17-12)7-10-9-20-13(16-10)14(2,3)4/h8-9,11H,5-7,15H2,1-4H3. The summed E-state index contributed by atoms with van der Waals surface area (Å²) in [6, 6.07) is -0.0191. The van der Waals surface area contributed by atoms with Gasteiger partial charge in [0, 0.05) is 10.8 Å². The zero-order valence-corrected chi connectivity index (χ0v) is 13.4. The zero-order chi connectivity index (χ0) is 14.8. The third-order valence-electron chi connectivity index (χ3n) is 3.05. The minimum Gasteiger partial charge on any atom is -0.323 e. The van der Waals surface area contributed by atoms with Gasteiger partial charge < -0.3 is 5.73 Å². The summed E-state index contributed by atoms with van der Waals surface area (Å²) in [7, 11) is 0. The van der Waals surface area contributed by atoms with Crippen LogP contribution in [0.4, 0.5) is 0 Å². The summed E-state index contributed by atoms with van der Waals surface area (Å²) in [6.07, 6.45) is 3.91. The van der Waals surface area contributed by atoms with Gasteiger partial charge in [-0.15, -0.1) is 16.4 Å². The molecule has 6 heteroatoms. The molecular weight excluding hydrogens is 270 g/mol. The van der Waals surface area contributed by atoms with Crippen LogP contribution in [0.2, 0.25) is 0 Å². The highest BCUT2D eigenvalue weighted by molar-refractivity contribution is 7.09. The average molecular weight is 293 g/mol. The summed E-state index contributed by atoms with van der Waals surface area (Å²) < 4.78 is 1.81. The minimum absolute atomic E-state index is 0.0191. The van der Waals surface area contributed by atoms with Gasteiger partial charge in [0.25, 0.3) is 0 Å². The molecule has 2 rings (SSSR count). The van der Waals surface area contributed by atoms with Crippen LogP contribution in [0, 0.1) is 0 Å². The summed E-state index contributed by atoms with van der Waals surface area (Å²) in [4.78, 5) is 4.67. The Morgan fingerprint density at radius 2 is 2.15 bits per heavy atom. The smallest absolute Gasteiger partial charge is 0.0994 e. The largest absolute Gasteiger partial charge is 0.323 e. The first-order chi connectivity index (χ1) is 9.40. The molecule has 0 aliphatic carbocycles. The Morgan fingerprint density at radius 1 is 1.40 bits per heavy atom. The molecule has 0 aliphatic rings. The van der Waals surface area contributed by atoms with Crippen molar-refractivity contribution < 1.29 is 0 Å². The summed E-state index contributed by atoms with van der Waals surface area (Å²) >= 11 is 1.70. The number of nitrogens with zero attached hydrogens (tertiary/aromatic N) is 4. The Balaban J connectivity index is 2.05. The molecule has 0 amide bonds. The molecule has 20 heavy (non-hydrogen) atoms. The molecule has 2 aromatic heterocycles. The van der Waals surface area contributed by atoms with Crippen molar-refractivity contribution in [1.82, 2.24) is 20.0 Å². The molecule has 110 valence electrons. The van der Waals surface area contributed by atoms with Crippen molar-refractivity contribution in [2.75, 3.05) is 0 Å². The van der Waals surface area contributed by atoms with Crippen molar-refractivity contribution in [2.24, 2.45) is 5.73 Å². The fourth-order valence-electron chi connectivity index (χ4n) is 1.91. The highest BCUT2D eigenvalue weighted by atomic mass is 32.1. The third-order valence-corrected chi connectivity index (χ3v) is 4.37. The topological polar surface area (TPSA) is 69.6 Å². The van der Waals surface area contributed by atoms with E-state index in [0.717, 1.165) is 29.2 Å². The third kappa shape index (κ3) is 3.64. The fourth-order valence-corrected chi connectivity index (χ4v) is 2.81. The van der Waals surface area contributed by atoms with Crippen LogP contribution in [-0.2, 0) is 12.0 Å². The van der Waals surface area contributed by atoms with Gasteiger partial charge in [0.15, 0.2) is 0 Å². The van der Waals surface area contributed by atoms with Crippen LogP contribution in [-0.4, -0.2) is 20.0 Å². The number of thiazole rings is 1. The monoisotopic (exact) mass is 293 g/mol. The van der Waals surface area contributed by atoms with E-state index in [0.29, 0.717) is 6.54 Å². The predicted octanol–water partition coefficient (Wildman–Crippen LogP) is 2.88. The molecule has 2 N–H and O–H groups in total. The second kappa shape index (κ2) is 6.01. The van der Waals surface area contributed by atoms with Gasteiger partial charge in [0.1, 0.15) is 0 Å². The maximum Gasteiger partial charge on any atom is 0.0994 e. The molecule has 0 spiro atoms. The lowest BCUT2D eigenvalue weighted by molar-refractivity contribution is 0.576. The molecule has 5 nitrogen and oxygen atoms in total. The number of aromatic nitrogens is 4. The first-order valence-electron chi connectivity index (χ1n) is 7.00. The van der Waals surface area contributed by atoms with Crippen molar-refractivity contribution in [3.63, 3.8) is 0 Å². The SMILES string of the molecule is CCCC(N)c1cn(Cc2csc(C(C)(C)C)n2)nn1. The van der Waals surface area contributed by atoms with Gasteiger partial charge >= 0.3 is 0 Å². The summed E-state index contributed by atoms with van der Waals surface area (Å²) in [5, 5.41) is 11.5.